The molecule has 1 aliphatic heterocycles. The summed E-state index contributed by atoms with van der Waals surface area (Å²) in [6.07, 6.45) is 0.816. The van der Waals surface area contributed by atoms with Gasteiger partial charge in [-0.2, -0.15) is 4.68 Å². The van der Waals surface area contributed by atoms with E-state index in [2.05, 4.69) is 27.1 Å². The molecule has 0 radical (unpaired) electrons. The minimum absolute atomic E-state index is 0.0856. The first-order chi connectivity index (χ1) is 11.4. The lowest BCUT2D eigenvalue weighted by atomic mass is 9.99. The van der Waals surface area contributed by atoms with E-state index in [-0.39, 0.29) is 11.7 Å². The molecule has 0 spiro atoms. The van der Waals surface area contributed by atoms with Gasteiger partial charge in [0.1, 0.15) is 10.5 Å². The van der Waals surface area contributed by atoms with Crippen molar-refractivity contribution in [2.75, 3.05) is 6.54 Å². The topological polar surface area (TPSA) is 81.3 Å². The Balaban J connectivity index is 1.84. The number of carbonyl (C=O) groups excluding carboxylic acids is 1. The molecule has 0 unspecified atom stereocenters. The molecule has 1 atom stereocenters. The Hall–Kier alpha value is -2.22. The zero-order valence-corrected chi connectivity index (χ0v) is 15.0. The molecule has 7 nitrogen and oxygen atoms in total. The van der Waals surface area contributed by atoms with Crippen molar-refractivity contribution in [2.45, 2.75) is 32.9 Å². The summed E-state index contributed by atoms with van der Waals surface area (Å²) < 4.78 is 1.74. The largest absolute Gasteiger partial charge is 0.404 e. The fourth-order valence-electron chi connectivity index (χ4n) is 3.03. The number of benzene rings is 1. The van der Waals surface area contributed by atoms with Gasteiger partial charge in [-0.05, 0) is 52.2 Å². The van der Waals surface area contributed by atoms with Crippen LogP contribution in [0.2, 0.25) is 0 Å². The zero-order chi connectivity index (χ0) is 17.4. The van der Waals surface area contributed by atoms with E-state index in [1.165, 1.54) is 10.2 Å². The molecule has 126 valence electrons. The first-order valence-electron chi connectivity index (χ1n) is 7.64. The maximum atomic E-state index is 12.8. The summed E-state index contributed by atoms with van der Waals surface area (Å²) in [4.78, 5) is 25.1. The molecule has 0 bridgehead atoms. The first kappa shape index (κ1) is 16.6. The number of nitrogens with zero attached hydrogens (tertiary/aromatic N) is 4. The van der Waals surface area contributed by atoms with Crippen molar-refractivity contribution in [1.82, 2.24) is 14.7 Å². The molecule has 1 aromatic carbocycles. The Morgan fingerprint density at radius 1 is 1.38 bits per heavy atom. The number of hydrogen-bond donors (Lipinski definition) is 0. The Labute approximate surface area is 147 Å². The number of nitro groups is 1. The summed E-state index contributed by atoms with van der Waals surface area (Å²) in [5.41, 5.74) is 2.98. The Kier molecular flexibility index (Phi) is 4.40. The van der Waals surface area contributed by atoms with Gasteiger partial charge in [0.15, 0.2) is 0 Å². The van der Waals surface area contributed by atoms with Crippen LogP contribution < -0.4 is 0 Å². The molecule has 0 saturated heterocycles. The van der Waals surface area contributed by atoms with Crippen molar-refractivity contribution in [3.05, 3.63) is 55.7 Å². The summed E-state index contributed by atoms with van der Waals surface area (Å²) in [6.45, 7) is 4.63. The lowest BCUT2D eigenvalue weighted by Crippen LogP contribution is -2.40. The number of amides is 1. The lowest BCUT2D eigenvalue weighted by molar-refractivity contribution is -0.390. The average molecular weight is 393 g/mol. The lowest BCUT2D eigenvalue weighted by Gasteiger charge is -2.30. The van der Waals surface area contributed by atoms with E-state index in [9.17, 15) is 14.9 Å². The van der Waals surface area contributed by atoms with E-state index in [4.69, 9.17) is 0 Å². The van der Waals surface area contributed by atoms with Gasteiger partial charge in [0.05, 0.1) is 10.8 Å². The van der Waals surface area contributed by atoms with Crippen LogP contribution in [0, 0.1) is 17.0 Å². The second kappa shape index (κ2) is 6.35. The van der Waals surface area contributed by atoms with Crippen LogP contribution in [0.25, 0.3) is 0 Å². The van der Waals surface area contributed by atoms with E-state index in [0.29, 0.717) is 23.3 Å². The SMILES string of the molecule is Cc1c(Br)c([N+](=O)[O-])nn1[C@@H](C)C(=O)N1CCc2ccccc2C1. The number of halogens is 1. The quantitative estimate of drug-likeness (QED) is 0.593. The molecule has 0 aliphatic carbocycles. The first-order valence-corrected chi connectivity index (χ1v) is 8.44. The van der Waals surface area contributed by atoms with Gasteiger partial charge in [-0.15, -0.1) is 0 Å². The van der Waals surface area contributed by atoms with Crippen molar-refractivity contribution in [3.8, 4) is 0 Å². The van der Waals surface area contributed by atoms with Crippen molar-refractivity contribution in [2.24, 2.45) is 0 Å². The van der Waals surface area contributed by atoms with Gasteiger partial charge in [0.25, 0.3) is 0 Å². The van der Waals surface area contributed by atoms with E-state index in [1.807, 2.05) is 18.2 Å². The Morgan fingerprint density at radius 2 is 2.04 bits per heavy atom. The van der Waals surface area contributed by atoms with Crippen molar-refractivity contribution in [1.29, 1.82) is 0 Å². The predicted molar refractivity (Wildman–Crippen MR) is 91.6 cm³/mol. The minimum atomic E-state index is -0.597. The molecule has 0 N–H and O–H groups in total. The molecule has 2 heterocycles. The monoisotopic (exact) mass is 392 g/mol. The molecule has 1 aliphatic rings. The van der Waals surface area contributed by atoms with Gasteiger partial charge in [-0.1, -0.05) is 24.3 Å². The highest BCUT2D eigenvalue weighted by Crippen LogP contribution is 2.30. The second-order valence-electron chi connectivity index (χ2n) is 5.88. The van der Waals surface area contributed by atoms with E-state index >= 15 is 0 Å². The van der Waals surface area contributed by atoms with Crippen LogP contribution in [-0.2, 0) is 17.8 Å². The Morgan fingerprint density at radius 3 is 2.67 bits per heavy atom. The van der Waals surface area contributed by atoms with Crippen LogP contribution in [0.15, 0.2) is 28.7 Å². The molecule has 8 heteroatoms. The van der Waals surface area contributed by atoms with E-state index in [0.717, 1.165) is 12.0 Å². The molecular weight excluding hydrogens is 376 g/mol. The smallest absolute Gasteiger partial charge is 0.358 e. The number of hydrogen-bond acceptors (Lipinski definition) is 4. The normalized spacial score (nSPS) is 15.0. The van der Waals surface area contributed by atoms with Gasteiger partial charge >= 0.3 is 5.82 Å². The van der Waals surface area contributed by atoms with E-state index in [1.54, 1.807) is 18.7 Å². The molecular formula is C16H17BrN4O3. The Bertz CT molecular complexity index is 818. The third-order valence-corrected chi connectivity index (χ3v) is 5.33. The van der Waals surface area contributed by atoms with Gasteiger partial charge in [0.2, 0.25) is 5.91 Å². The highest BCUT2D eigenvalue weighted by atomic mass is 79.9. The third kappa shape index (κ3) is 2.82. The van der Waals surface area contributed by atoms with Gasteiger partial charge in [-0.3, -0.25) is 4.79 Å². The van der Waals surface area contributed by atoms with Crippen LogP contribution >= 0.6 is 15.9 Å². The minimum Gasteiger partial charge on any atom is -0.358 e. The third-order valence-electron chi connectivity index (χ3n) is 4.40. The predicted octanol–water partition coefficient (Wildman–Crippen LogP) is 3.01. The summed E-state index contributed by atoms with van der Waals surface area (Å²) in [5.74, 6) is -0.353. The zero-order valence-electron chi connectivity index (χ0n) is 13.4. The van der Waals surface area contributed by atoms with Crippen LogP contribution in [0.3, 0.4) is 0 Å². The molecule has 2 aromatic rings. The van der Waals surface area contributed by atoms with Crippen molar-refractivity contribution in [3.63, 3.8) is 0 Å². The fourth-order valence-corrected chi connectivity index (χ4v) is 3.44. The van der Waals surface area contributed by atoms with Crippen LogP contribution in [-0.4, -0.2) is 32.1 Å². The highest BCUT2D eigenvalue weighted by molar-refractivity contribution is 9.10. The van der Waals surface area contributed by atoms with Crippen molar-refractivity contribution >= 4 is 27.7 Å². The molecule has 1 aromatic heterocycles. The maximum absolute atomic E-state index is 12.8. The molecule has 0 fully saturated rings. The van der Waals surface area contributed by atoms with Crippen LogP contribution in [0.4, 0.5) is 5.82 Å². The number of rotatable bonds is 3. The summed E-state index contributed by atoms with van der Waals surface area (Å²) >= 11 is 3.19. The van der Waals surface area contributed by atoms with Gasteiger partial charge in [-0.25, -0.2) is 0 Å². The average Bonchev–Trinajstić information content (AvgIpc) is 2.89. The molecule has 24 heavy (non-hydrogen) atoms. The van der Waals surface area contributed by atoms with Gasteiger partial charge < -0.3 is 15.0 Å². The summed E-state index contributed by atoms with van der Waals surface area (Å²) in [6, 6.07) is 7.48. The fraction of sp³-hybridized carbons (Fsp3) is 0.375. The molecule has 0 saturated carbocycles. The van der Waals surface area contributed by atoms with Gasteiger partial charge in [0, 0.05) is 13.1 Å². The second-order valence-corrected chi connectivity index (χ2v) is 6.67. The van der Waals surface area contributed by atoms with Crippen LogP contribution in [0.1, 0.15) is 29.8 Å². The van der Waals surface area contributed by atoms with Crippen LogP contribution in [0.5, 0.6) is 0 Å². The summed E-state index contributed by atoms with van der Waals surface area (Å²) in [5, 5.41) is 15.0. The van der Waals surface area contributed by atoms with Crippen molar-refractivity contribution < 1.29 is 9.72 Å². The number of aromatic nitrogens is 2. The summed E-state index contributed by atoms with van der Waals surface area (Å²) in [7, 11) is 0. The molecule has 3 rings (SSSR count). The highest BCUT2D eigenvalue weighted by Gasteiger charge is 2.32. The maximum Gasteiger partial charge on any atom is 0.404 e. The number of carbonyl (C=O) groups is 1. The standard InChI is InChI=1S/C16H17BrN4O3/c1-10-14(17)15(21(23)24)18-20(10)11(2)16(22)19-8-7-12-5-3-4-6-13(12)9-19/h3-6,11H,7-9H2,1-2H3/t11-/m0/s1. The molecule has 1 amide bonds. The number of fused-ring (bicyclic) bond motifs is 1. The van der Waals surface area contributed by atoms with E-state index < -0.39 is 11.0 Å².